The number of halogens is 1. The zero-order valence-corrected chi connectivity index (χ0v) is 11.6. The maximum absolute atomic E-state index is 12.4. The first-order chi connectivity index (χ1) is 9.24. The molecule has 0 atom stereocenters. The first kappa shape index (κ1) is 12.1. The van der Waals surface area contributed by atoms with Gasteiger partial charge in [-0.2, -0.15) is 0 Å². The molecule has 3 aromatic rings. The molecule has 0 fully saturated rings. The first-order valence-corrected chi connectivity index (χ1v) is 6.68. The van der Waals surface area contributed by atoms with Crippen LogP contribution in [0.2, 0.25) is 0 Å². The fourth-order valence-corrected chi connectivity index (χ4v) is 2.24. The summed E-state index contributed by atoms with van der Waals surface area (Å²) >= 11 is 3.36. The van der Waals surface area contributed by atoms with Crippen molar-refractivity contribution in [2.24, 2.45) is 0 Å². The number of carbonyl (C=O) groups is 1. The summed E-state index contributed by atoms with van der Waals surface area (Å²) in [6.45, 7) is 0. The summed E-state index contributed by atoms with van der Waals surface area (Å²) in [7, 11) is 0. The number of hydrogen-bond donors (Lipinski definition) is 0. The molecule has 3 rings (SSSR count). The topological polar surface area (TPSA) is 30.0 Å². The lowest BCUT2D eigenvalue weighted by molar-refractivity contribution is 0.103. The number of benzene rings is 2. The standard InChI is InChI=1S/C16H10BrNO/c17-14-7-5-12(6-8-14)16(19)13-4-3-11-2-1-9-18-15(11)10-13/h1-10H. The van der Waals surface area contributed by atoms with Gasteiger partial charge in [0.25, 0.3) is 0 Å². The Morgan fingerprint density at radius 3 is 2.47 bits per heavy atom. The summed E-state index contributed by atoms with van der Waals surface area (Å²) in [6.07, 6.45) is 1.73. The maximum Gasteiger partial charge on any atom is 0.193 e. The fraction of sp³-hybridized carbons (Fsp3) is 0. The van der Waals surface area contributed by atoms with Gasteiger partial charge < -0.3 is 0 Å². The molecular formula is C16H10BrNO. The van der Waals surface area contributed by atoms with Crippen molar-refractivity contribution < 1.29 is 4.79 Å². The van der Waals surface area contributed by atoms with E-state index in [-0.39, 0.29) is 5.78 Å². The number of ketones is 1. The quantitative estimate of drug-likeness (QED) is 0.663. The van der Waals surface area contributed by atoms with E-state index in [4.69, 9.17) is 0 Å². The molecule has 3 heteroatoms. The van der Waals surface area contributed by atoms with E-state index in [1.54, 1.807) is 6.20 Å². The summed E-state index contributed by atoms with van der Waals surface area (Å²) in [6, 6.07) is 16.8. The van der Waals surface area contributed by atoms with Gasteiger partial charge in [-0.1, -0.05) is 34.1 Å². The molecular weight excluding hydrogens is 302 g/mol. The van der Waals surface area contributed by atoms with E-state index >= 15 is 0 Å². The second-order valence-electron chi connectivity index (χ2n) is 4.25. The zero-order chi connectivity index (χ0) is 13.2. The van der Waals surface area contributed by atoms with Gasteiger partial charge in [0.15, 0.2) is 5.78 Å². The molecule has 0 N–H and O–H groups in total. The molecule has 1 heterocycles. The average molecular weight is 312 g/mol. The van der Waals surface area contributed by atoms with Gasteiger partial charge in [0, 0.05) is 27.2 Å². The molecule has 92 valence electrons. The largest absolute Gasteiger partial charge is 0.289 e. The Morgan fingerprint density at radius 2 is 1.68 bits per heavy atom. The number of nitrogens with zero attached hydrogens (tertiary/aromatic N) is 1. The van der Waals surface area contributed by atoms with Gasteiger partial charge in [-0.3, -0.25) is 9.78 Å². The van der Waals surface area contributed by atoms with Crippen LogP contribution in [0.5, 0.6) is 0 Å². The van der Waals surface area contributed by atoms with Gasteiger partial charge in [-0.15, -0.1) is 0 Å². The summed E-state index contributed by atoms with van der Waals surface area (Å²) in [4.78, 5) is 16.6. The summed E-state index contributed by atoms with van der Waals surface area (Å²) in [5.41, 5.74) is 2.18. The number of hydrogen-bond acceptors (Lipinski definition) is 2. The van der Waals surface area contributed by atoms with Crippen molar-refractivity contribution in [3.8, 4) is 0 Å². The molecule has 0 amide bonds. The molecule has 0 saturated heterocycles. The smallest absolute Gasteiger partial charge is 0.193 e. The molecule has 2 nitrogen and oxygen atoms in total. The van der Waals surface area contributed by atoms with Crippen LogP contribution in [0.25, 0.3) is 10.9 Å². The predicted molar refractivity (Wildman–Crippen MR) is 79.3 cm³/mol. The number of rotatable bonds is 2. The van der Waals surface area contributed by atoms with Gasteiger partial charge in [-0.25, -0.2) is 0 Å². The van der Waals surface area contributed by atoms with E-state index in [1.807, 2.05) is 54.6 Å². The molecule has 0 saturated carbocycles. The van der Waals surface area contributed by atoms with Crippen molar-refractivity contribution >= 4 is 32.6 Å². The number of aromatic nitrogens is 1. The van der Waals surface area contributed by atoms with Crippen molar-refractivity contribution in [2.45, 2.75) is 0 Å². The first-order valence-electron chi connectivity index (χ1n) is 5.89. The summed E-state index contributed by atoms with van der Waals surface area (Å²) in [5, 5.41) is 1.04. The van der Waals surface area contributed by atoms with Crippen LogP contribution in [-0.4, -0.2) is 10.8 Å². The predicted octanol–water partition coefficient (Wildman–Crippen LogP) is 4.23. The average Bonchev–Trinajstić information content (AvgIpc) is 2.47. The van der Waals surface area contributed by atoms with Crippen LogP contribution in [0.4, 0.5) is 0 Å². The van der Waals surface area contributed by atoms with E-state index in [2.05, 4.69) is 20.9 Å². The molecule has 0 unspecified atom stereocenters. The second-order valence-corrected chi connectivity index (χ2v) is 5.16. The molecule has 0 radical (unpaired) electrons. The zero-order valence-electron chi connectivity index (χ0n) is 10.0. The Labute approximate surface area is 119 Å². The minimum atomic E-state index is 0.0139. The highest BCUT2D eigenvalue weighted by molar-refractivity contribution is 9.10. The van der Waals surface area contributed by atoms with Gasteiger partial charge in [0.2, 0.25) is 0 Å². The van der Waals surface area contributed by atoms with Gasteiger partial charge in [0.1, 0.15) is 0 Å². The van der Waals surface area contributed by atoms with Crippen molar-refractivity contribution in [1.82, 2.24) is 4.98 Å². The summed E-state index contributed by atoms with van der Waals surface area (Å²) < 4.78 is 0.962. The van der Waals surface area contributed by atoms with Crippen LogP contribution in [-0.2, 0) is 0 Å². The molecule has 0 spiro atoms. The molecule has 0 bridgehead atoms. The SMILES string of the molecule is O=C(c1ccc(Br)cc1)c1ccc2cccnc2c1. The maximum atomic E-state index is 12.4. The van der Waals surface area contributed by atoms with E-state index in [1.165, 1.54) is 0 Å². The van der Waals surface area contributed by atoms with Crippen molar-refractivity contribution in [1.29, 1.82) is 0 Å². The van der Waals surface area contributed by atoms with Gasteiger partial charge in [0.05, 0.1) is 5.52 Å². The van der Waals surface area contributed by atoms with Crippen LogP contribution in [0.1, 0.15) is 15.9 Å². The number of pyridine rings is 1. The van der Waals surface area contributed by atoms with Gasteiger partial charge >= 0.3 is 0 Å². The number of fused-ring (bicyclic) bond motifs is 1. The third-order valence-corrected chi connectivity index (χ3v) is 3.50. The van der Waals surface area contributed by atoms with E-state index < -0.39 is 0 Å². The highest BCUT2D eigenvalue weighted by Crippen LogP contribution is 2.18. The minimum Gasteiger partial charge on any atom is -0.289 e. The lowest BCUT2D eigenvalue weighted by atomic mass is 10.0. The third kappa shape index (κ3) is 2.42. The monoisotopic (exact) mass is 311 g/mol. The Balaban J connectivity index is 2.04. The van der Waals surface area contributed by atoms with Crippen LogP contribution < -0.4 is 0 Å². The Hall–Kier alpha value is -2.00. The van der Waals surface area contributed by atoms with Crippen LogP contribution in [0, 0.1) is 0 Å². The summed E-state index contributed by atoms with van der Waals surface area (Å²) in [5.74, 6) is 0.0139. The lowest BCUT2D eigenvalue weighted by Crippen LogP contribution is -2.01. The number of carbonyl (C=O) groups excluding carboxylic acids is 1. The van der Waals surface area contributed by atoms with Gasteiger partial charge in [-0.05, 0) is 36.4 Å². The van der Waals surface area contributed by atoms with E-state index in [0.29, 0.717) is 11.1 Å². The van der Waals surface area contributed by atoms with Crippen molar-refractivity contribution in [2.75, 3.05) is 0 Å². The van der Waals surface area contributed by atoms with Crippen molar-refractivity contribution in [3.63, 3.8) is 0 Å². The Kier molecular flexibility index (Phi) is 3.13. The molecule has 0 aliphatic carbocycles. The van der Waals surface area contributed by atoms with E-state index in [9.17, 15) is 4.79 Å². The molecule has 19 heavy (non-hydrogen) atoms. The third-order valence-electron chi connectivity index (χ3n) is 2.97. The van der Waals surface area contributed by atoms with Crippen LogP contribution in [0.15, 0.2) is 65.3 Å². The Bertz CT molecular complexity index is 750. The van der Waals surface area contributed by atoms with E-state index in [0.717, 1.165) is 15.4 Å². The Morgan fingerprint density at radius 1 is 0.947 bits per heavy atom. The fourth-order valence-electron chi connectivity index (χ4n) is 1.98. The van der Waals surface area contributed by atoms with Crippen molar-refractivity contribution in [3.05, 3.63) is 76.4 Å². The minimum absolute atomic E-state index is 0.0139. The molecule has 2 aromatic carbocycles. The highest BCUT2D eigenvalue weighted by Gasteiger charge is 2.09. The molecule has 0 aliphatic rings. The lowest BCUT2D eigenvalue weighted by Gasteiger charge is -2.03. The van der Waals surface area contributed by atoms with Crippen LogP contribution in [0.3, 0.4) is 0 Å². The molecule has 0 aliphatic heterocycles. The second kappa shape index (κ2) is 4.94. The molecule has 1 aromatic heterocycles. The van der Waals surface area contributed by atoms with Crippen LogP contribution >= 0.6 is 15.9 Å². The normalized spacial score (nSPS) is 10.6. The highest BCUT2D eigenvalue weighted by atomic mass is 79.9.